The Morgan fingerprint density at radius 1 is 1.16 bits per heavy atom. The standard InChI is InChI=1S/C16H18ClNO/c1-12-9-14(17)7-8-16(12)19-11-15(18)10-13-5-3-2-4-6-13/h2-9,15H,10-11,18H2,1H3. The van der Waals surface area contributed by atoms with Crippen LogP contribution < -0.4 is 10.5 Å². The van der Waals surface area contributed by atoms with E-state index < -0.39 is 0 Å². The zero-order valence-corrected chi connectivity index (χ0v) is 11.7. The van der Waals surface area contributed by atoms with E-state index in [2.05, 4.69) is 12.1 Å². The lowest BCUT2D eigenvalue weighted by Crippen LogP contribution is -2.30. The molecule has 2 aromatic rings. The van der Waals surface area contributed by atoms with Gasteiger partial charge < -0.3 is 10.5 Å². The Bertz CT molecular complexity index is 528. The molecule has 0 bridgehead atoms. The van der Waals surface area contributed by atoms with Gasteiger partial charge in [0.1, 0.15) is 12.4 Å². The van der Waals surface area contributed by atoms with Gasteiger partial charge in [-0.15, -0.1) is 0 Å². The molecule has 2 rings (SSSR count). The van der Waals surface area contributed by atoms with E-state index in [4.69, 9.17) is 22.1 Å². The van der Waals surface area contributed by atoms with Crippen LogP contribution in [-0.4, -0.2) is 12.6 Å². The zero-order valence-electron chi connectivity index (χ0n) is 11.0. The second-order valence-corrected chi connectivity index (χ2v) is 5.11. The topological polar surface area (TPSA) is 35.2 Å². The lowest BCUT2D eigenvalue weighted by molar-refractivity contribution is 0.286. The van der Waals surface area contributed by atoms with Gasteiger partial charge in [0.05, 0.1) is 0 Å². The van der Waals surface area contributed by atoms with Crippen LogP contribution in [0, 0.1) is 6.92 Å². The highest BCUT2D eigenvalue weighted by Gasteiger charge is 2.06. The lowest BCUT2D eigenvalue weighted by Gasteiger charge is -2.14. The molecule has 2 N–H and O–H groups in total. The summed E-state index contributed by atoms with van der Waals surface area (Å²) in [6.45, 7) is 2.47. The highest BCUT2D eigenvalue weighted by molar-refractivity contribution is 6.30. The summed E-state index contributed by atoms with van der Waals surface area (Å²) < 4.78 is 5.74. The van der Waals surface area contributed by atoms with Gasteiger partial charge in [-0.1, -0.05) is 41.9 Å². The molecule has 0 spiro atoms. The molecular weight excluding hydrogens is 258 g/mol. The Labute approximate surface area is 119 Å². The van der Waals surface area contributed by atoms with E-state index in [1.807, 2.05) is 43.3 Å². The van der Waals surface area contributed by atoms with Crippen LogP contribution in [0.2, 0.25) is 5.02 Å². The number of benzene rings is 2. The van der Waals surface area contributed by atoms with Crippen LogP contribution >= 0.6 is 11.6 Å². The minimum absolute atomic E-state index is 0.0162. The van der Waals surface area contributed by atoms with Crippen molar-refractivity contribution in [2.45, 2.75) is 19.4 Å². The number of nitrogens with two attached hydrogens (primary N) is 1. The summed E-state index contributed by atoms with van der Waals surface area (Å²) in [6.07, 6.45) is 0.813. The number of halogens is 1. The number of rotatable bonds is 5. The van der Waals surface area contributed by atoms with Gasteiger partial charge in [-0.05, 0) is 42.7 Å². The first-order valence-corrected chi connectivity index (χ1v) is 6.71. The number of hydrogen-bond acceptors (Lipinski definition) is 2. The molecule has 2 aromatic carbocycles. The zero-order chi connectivity index (χ0) is 13.7. The normalized spacial score (nSPS) is 12.2. The maximum atomic E-state index is 6.08. The van der Waals surface area contributed by atoms with Crippen molar-refractivity contribution >= 4 is 11.6 Å². The first kappa shape index (κ1) is 13.9. The van der Waals surface area contributed by atoms with Gasteiger partial charge in [0.25, 0.3) is 0 Å². The fourth-order valence-corrected chi connectivity index (χ4v) is 2.17. The van der Waals surface area contributed by atoms with E-state index in [0.29, 0.717) is 6.61 Å². The van der Waals surface area contributed by atoms with Crippen molar-refractivity contribution in [2.75, 3.05) is 6.61 Å². The second kappa shape index (κ2) is 6.60. The summed E-state index contributed by atoms with van der Waals surface area (Å²) in [4.78, 5) is 0. The molecule has 0 aliphatic rings. The third-order valence-electron chi connectivity index (χ3n) is 2.93. The molecule has 3 heteroatoms. The minimum Gasteiger partial charge on any atom is -0.492 e. The minimum atomic E-state index is -0.0162. The highest BCUT2D eigenvalue weighted by atomic mass is 35.5. The van der Waals surface area contributed by atoms with Crippen molar-refractivity contribution in [1.29, 1.82) is 0 Å². The molecule has 0 radical (unpaired) electrons. The highest BCUT2D eigenvalue weighted by Crippen LogP contribution is 2.21. The Balaban J connectivity index is 1.88. The van der Waals surface area contributed by atoms with Crippen LogP contribution in [0.5, 0.6) is 5.75 Å². The van der Waals surface area contributed by atoms with Crippen molar-refractivity contribution in [3.63, 3.8) is 0 Å². The molecule has 0 heterocycles. The third-order valence-corrected chi connectivity index (χ3v) is 3.17. The predicted molar refractivity (Wildman–Crippen MR) is 79.8 cm³/mol. The number of ether oxygens (including phenoxy) is 1. The van der Waals surface area contributed by atoms with E-state index in [1.165, 1.54) is 5.56 Å². The molecule has 1 unspecified atom stereocenters. The van der Waals surface area contributed by atoms with E-state index in [0.717, 1.165) is 22.8 Å². The first-order valence-electron chi connectivity index (χ1n) is 6.33. The van der Waals surface area contributed by atoms with Crippen LogP contribution in [0.4, 0.5) is 0 Å². The number of hydrogen-bond donors (Lipinski definition) is 1. The average Bonchev–Trinajstić information content (AvgIpc) is 2.39. The van der Waals surface area contributed by atoms with Gasteiger partial charge in [-0.3, -0.25) is 0 Å². The van der Waals surface area contributed by atoms with Crippen molar-refractivity contribution in [2.24, 2.45) is 5.73 Å². The van der Waals surface area contributed by atoms with Crippen LogP contribution in [0.15, 0.2) is 48.5 Å². The molecule has 0 saturated heterocycles. The number of aryl methyl sites for hydroxylation is 1. The van der Waals surface area contributed by atoms with Crippen molar-refractivity contribution < 1.29 is 4.74 Å². The van der Waals surface area contributed by atoms with E-state index in [-0.39, 0.29) is 6.04 Å². The molecule has 0 aliphatic heterocycles. The summed E-state index contributed by atoms with van der Waals surface area (Å²) in [7, 11) is 0. The smallest absolute Gasteiger partial charge is 0.122 e. The Morgan fingerprint density at radius 3 is 2.58 bits per heavy atom. The van der Waals surface area contributed by atoms with Gasteiger partial charge in [0.15, 0.2) is 0 Å². The van der Waals surface area contributed by atoms with Crippen molar-refractivity contribution in [1.82, 2.24) is 0 Å². The summed E-state index contributed by atoms with van der Waals surface area (Å²) in [5.74, 6) is 0.841. The molecule has 0 aromatic heterocycles. The largest absolute Gasteiger partial charge is 0.492 e. The molecular formula is C16H18ClNO. The summed E-state index contributed by atoms with van der Waals surface area (Å²) in [6, 6.07) is 15.8. The maximum absolute atomic E-state index is 6.08. The lowest BCUT2D eigenvalue weighted by atomic mass is 10.1. The predicted octanol–water partition coefficient (Wildman–Crippen LogP) is 3.60. The van der Waals surface area contributed by atoms with Crippen LogP contribution in [0.3, 0.4) is 0 Å². The summed E-state index contributed by atoms with van der Waals surface area (Å²) >= 11 is 5.91. The van der Waals surface area contributed by atoms with Gasteiger partial charge in [0.2, 0.25) is 0 Å². The second-order valence-electron chi connectivity index (χ2n) is 4.67. The van der Waals surface area contributed by atoms with Gasteiger partial charge in [-0.2, -0.15) is 0 Å². The third kappa shape index (κ3) is 4.27. The molecule has 19 heavy (non-hydrogen) atoms. The van der Waals surface area contributed by atoms with Gasteiger partial charge in [-0.25, -0.2) is 0 Å². The monoisotopic (exact) mass is 275 g/mol. The van der Waals surface area contributed by atoms with Crippen molar-refractivity contribution in [3.8, 4) is 5.75 Å². The Hall–Kier alpha value is -1.51. The van der Waals surface area contributed by atoms with E-state index >= 15 is 0 Å². The molecule has 1 atom stereocenters. The SMILES string of the molecule is Cc1cc(Cl)ccc1OCC(N)Cc1ccccc1. The Kier molecular flexibility index (Phi) is 4.83. The quantitative estimate of drug-likeness (QED) is 0.905. The molecule has 2 nitrogen and oxygen atoms in total. The molecule has 0 fully saturated rings. The molecule has 0 amide bonds. The first-order chi connectivity index (χ1) is 9.15. The summed E-state index contributed by atoms with van der Waals surface area (Å²) in [5, 5.41) is 0.721. The average molecular weight is 276 g/mol. The fraction of sp³-hybridized carbons (Fsp3) is 0.250. The molecule has 0 aliphatic carbocycles. The van der Waals surface area contributed by atoms with Crippen LogP contribution in [0.25, 0.3) is 0 Å². The Morgan fingerprint density at radius 2 is 1.89 bits per heavy atom. The van der Waals surface area contributed by atoms with E-state index in [1.54, 1.807) is 0 Å². The van der Waals surface area contributed by atoms with E-state index in [9.17, 15) is 0 Å². The molecule has 0 saturated carbocycles. The maximum Gasteiger partial charge on any atom is 0.122 e. The van der Waals surface area contributed by atoms with Crippen LogP contribution in [0.1, 0.15) is 11.1 Å². The fourth-order valence-electron chi connectivity index (χ4n) is 1.95. The van der Waals surface area contributed by atoms with Gasteiger partial charge in [0, 0.05) is 11.1 Å². The van der Waals surface area contributed by atoms with Gasteiger partial charge >= 0.3 is 0 Å². The molecule has 100 valence electrons. The van der Waals surface area contributed by atoms with Crippen LogP contribution in [-0.2, 0) is 6.42 Å². The van der Waals surface area contributed by atoms with Crippen molar-refractivity contribution in [3.05, 3.63) is 64.7 Å². The summed E-state index contributed by atoms with van der Waals surface area (Å²) in [5.41, 5.74) is 8.34.